The molecule has 0 aliphatic heterocycles. The lowest BCUT2D eigenvalue weighted by Gasteiger charge is -2.17. The molecule has 0 fully saturated rings. The fourth-order valence-electron chi connectivity index (χ4n) is 0.712. The van der Waals surface area contributed by atoms with Crippen molar-refractivity contribution in [3.63, 3.8) is 0 Å². The zero-order chi connectivity index (χ0) is 10.3. The van der Waals surface area contributed by atoms with E-state index in [0.29, 0.717) is 19.6 Å². The highest BCUT2D eigenvalue weighted by atomic mass is 16.5. The first-order chi connectivity index (χ1) is 5.95. The van der Waals surface area contributed by atoms with Crippen LogP contribution in [-0.4, -0.2) is 36.4 Å². The highest BCUT2D eigenvalue weighted by Crippen LogP contribution is 1.97. The third-order valence-electron chi connectivity index (χ3n) is 1.40. The summed E-state index contributed by atoms with van der Waals surface area (Å²) >= 11 is 0. The molecule has 0 aliphatic rings. The fourth-order valence-corrected chi connectivity index (χ4v) is 0.712. The van der Waals surface area contributed by atoms with Crippen LogP contribution >= 0.6 is 0 Å². The van der Waals surface area contributed by atoms with E-state index in [1.807, 2.05) is 6.92 Å². The lowest BCUT2D eigenvalue weighted by molar-refractivity contribution is -0.123. The van der Waals surface area contributed by atoms with E-state index in [0.717, 1.165) is 0 Å². The van der Waals surface area contributed by atoms with Crippen LogP contribution in [-0.2, 0) is 9.53 Å². The van der Waals surface area contributed by atoms with Crippen molar-refractivity contribution in [2.24, 2.45) is 0 Å². The Balaban J connectivity index is 3.41. The number of ether oxygens (including phenoxy) is 1. The summed E-state index contributed by atoms with van der Waals surface area (Å²) in [5.41, 5.74) is -0.846. The number of aliphatic hydroxyl groups is 1. The lowest BCUT2D eigenvalue weighted by Crippen LogP contribution is -2.38. The Kier molecular flexibility index (Phi) is 5.66. The van der Waals surface area contributed by atoms with Gasteiger partial charge in [-0.15, -0.1) is 0 Å². The van der Waals surface area contributed by atoms with Crippen LogP contribution < -0.4 is 5.32 Å². The molecule has 4 heteroatoms. The molecule has 4 nitrogen and oxygen atoms in total. The van der Waals surface area contributed by atoms with Gasteiger partial charge in [-0.05, 0) is 20.8 Å². The van der Waals surface area contributed by atoms with E-state index in [4.69, 9.17) is 4.74 Å². The molecule has 78 valence electrons. The summed E-state index contributed by atoms with van der Waals surface area (Å²) in [5, 5.41) is 11.9. The summed E-state index contributed by atoms with van der Waals surface area (Å²) in [6.45, 7) is 6.52. The normalized spacial score (nSPS) is 11.4. The number of rotatable bonds is 6. The zero-order valence-electron chi connectivity index (χ0n) is 8.59. The number of nitrogens with one attached hydrogen (secondary N) is 1. The summed E-state index contributed by atoms with van der Waals surface area (Å²) in [6, 6.07) is 0. The van der Waals surface area contributed by atoms with Crippen molar-refractivity contribution in [2.45, 2.75) is 32.8 Å². The number of hydrogen-bond acceptors (Lipinski definition) is 3. The van der Waals surface area contributed by atoms with Gasteiger partial charge < -0.3 is 15.2 Å². The summed E-state index contributed by atoms with van der Waals surface area (Å²) in [7, 11) is 0. The van der Waals surface area contributed by atoms with Crippen molar-refractivity contribution in [2.75, 3.05) is 19.8 Å². The Morgan fingerprint density at radius 2 is 2.15 bits per heavy atom. The van der Waals surface area contributed by atoms with Gasteiger partial charge in [0.2, 0.25) is 5.91 Å². The Hall–Kier alpha value is -0.610. The average Bonchev–Trinajstić information content (AvgIpc) is 2.00. The van der Waals surface area contributed by atoms with Gasteiger partial charge >= 0.3 is 0 Å². The van der Waals surface area contributed by atoms with Crippen LogP contribution in [0.2, 0.25) is 0 Å². The Morgan fingerprint density at radius 3 is 2.62 bits per heavy atom. The maximum Gasteiger partial charge on any atom is 0.222 e. The number of amides is 1. The molecule has 0 atom stereocenters. The third kappa shape index (κ3) is 9.30. The van der Waals surface area contributed by atoms with Crippen molar-refractivity contribution >= 4 is 5.91 Å². The van der Waals surface area contributed by atoms with Gasteiger partial charge in [-0.1, -0.05) is 0 Å². The van der Waals surface area contributed by atoms with Gasteiger partial charge in [-0.3, -0.25) is 4.79 Å². The molecule has 0 saturated carbocycles. The maximum absolute atomic E-state index is 11.1. The highest BCUT2D eigenvalue weighted by Gasteiger charge is 2.13. The van der Waals surface area contributed by atoms with Gasteiger partial charge in [0.15, 0.2) is 0 Å². The van der Waals surface area contributed by atoms with Crippen LogP contribution in [0.4, 0.5) is 0 Å². The third-order valence-corrected chi connectivity index (χ3v) is 1.40. The zero-order valence-corrected chi connectivity index (χ0v) is 8.59. The Labute approximate surface area is 79.3 Å². The number of carbonyl (C=O) groups is 1. The number of hydrogen-bond donors (Lipinski definition) is 2. The molecule has 13 heavy (non-hydrogen) atoms. The minimum absolute atomic E-state index is 0.0874. The molecule has 2 N–H and O–H groups in total. The maximum atomic E-state index is 11.1. The summed E-state index contributed by atoms with van der Waals surface area (Å²) in [5.74, 6) is -0.0874. The Bertz CT molecular complexity index is 151. The van der Waals surface area contributed by atoms with E-state index in [1.165, 1.54) is 0 Å². The largest absolute Gasteiger partial charge is 0.389 e. The highest BCUT2D eigenvalue weighted by molar-refractivity contribution is 5.76. The second-order valence-corrected chi connectivity index (χ2v) is 3.54. The van der Waals surface area contributed by atoms with Crippen molar-refractivity contribution in [3.05, 3.63) is 0 Å². The van der Waals surface area contributed by atoms with E-state index in [9.17, 15) is 9.90 Å². The van der Waals surface area contributed by atoms with Gasteiger partial charge in [0, 0.05) is 19.6 Å². The topological polar surface area (TPSA) is 58.6 Å². The SMILES string of the molecule is CCOCCC(=O)NCC(C)(C)O. The quantitative estimate of drug-likeness (QED) is 0.591. The first kappa shape index (κ1) is 12.4. The summed E-state index contributed by atoms with van der Waals surface area (Å²) in [4.78, 5) is 11.1. The molecule has 0 heterocycles. The standard InChI is InChI=1S/C9H19NO3/c1-4-13-6-5-8(11)10-7-9(2,3)12/h12H,4-7H2,1-3H3,(H,10,11). The second-order valence-electron chi connectivity index (χ2n) is 3.54. The molecule has 0 radical (unpaired) electrons. The molecule has 0 rings (SSSR count). The predicted octanol–water partition coefficient (Wildman–Crippen LogP) is 0.300. The van der Waals surface area contributed by atoms with Crippen LogP contribution in [0, 0.1) is 0 Å². The molecule has 0 aromatic carbocycles. The molecule has 0 bridgehead atoms. The molecule has 0 aromatic heterocycles. The van der Waals surface area contributed by atoms with Crippen LogP contribution in [0.15, 0.2) is 0 Å². The van der Waals surface area contributed by atoms with Gasteiger partial charge in [0.1, 0.15) is 0 Å². The van der Waals surface area contributed by atoms with Gasteiger partial charge in [-0.25, -0.2) is 0 Å². The Morgan fingerprint density at radius 1 is 1.54 bits per heavy atom. The van der Waals surface area contributed by atoms with Crippen LogP contribution in [0.5, 0.6) is 0 Å². The first-order valence-electron chi connectivity index (χ1n) is 4.52. The molecule has 0 saturated heterocycles. The first-order valence-corrected chi connectivity index (χ1v) is 4.52. The monoisotopic (exact) mass is 189 g/mol. The lowest BCUT2D eigenvalue weighted by atomic mass is 10.1. The van der Waals surface area contributed by atoms with E-state index in [1.54, 1.807) is 13.8 Å². The van der Waals surface area contributed by atoms with E-state index >= 15 is 0 Å². The van der Waals surface area contributed by atoms with Gasteiger partial charge in [-0.2, -0.15) is 0 Å². The number of carbonyl (C=O) groups excluding carboxylic acids is 1. The van der Waals surface area contributed by atoms with Crippen LogP contribution in [0.1, 0.15) is 27.2 Å². The van der Waals surface area contributed by atoms with Crippen LogP contribution in [0.25, 0.3) is 0 Å². The average molecular weight is 189 g/mol. The molecule has 0 unspecified atom stereocenters. The summed E-state index contributed by atoms with van der Waals surface area (Å²) in [6.07, 6.45) is 0.351. The molecular weight excluding hydrogens is 170 g/mol. The van der Waals surface area contributed by atoms with Crippen molar-refractivity contribution in [3.8, 4) is 0 Å². The molecular formula is C9H19NO3. The molecule has 1 amide bonds. The molecule has 0 aliphatic carbocycles. The second kappa shape index (κ2) is 5.94. The smallest absolute Gasteiger partial charge is 0.222 e. The van der Waals surface area contributed by atoms with Crippen molar-refractivity contribution in [1.82, 2.24) is 5.32 Å². The van der Waals surface area contributed by atoms with Crippen LogP contribution in [0.3, 0.4) is 0 Å². The summed E-state index contributed by atoms with van der Waals surface area (Å²) < 4.78 is 5.01. The van der Waals surface area contributed by atoms with E-state index < -0.39 is 5.60 Å². The van der Waals surface area contributed by atoms with Gasteiger partial charge in [0.05, 0.1) is 12.2 Å². The van der Waals surface area contributed by atoms with Crippen molar-refractivity contribution in [1.29, 1.82) is 0 Å². The fraction of sp³-hybridized carbons (Fsp3) is 0.889. The van der Waals surface area contributed by atoms with E-state index in [-0.39, 0.29) is 12.5 Å². The molecule has 0 spiro atoms. The molecule has 0 aromatic rings. The van der Waals surface area contributed by atoms with Crippen molar-refractivity contribution < 1.29 is 14.6 Å². The van der Waals surface area contributed by atoms with E-state index in [2.05, 4.69) is 5.32 Å². The minimum Gasteiger partial charge on any atom is -0.389 e. The minimum atomic E-state index is -0.846. The van der Waals surface area contributed by atoms with Gasteiger partial charge in [0.25, 0.3) is 0 Å². The predicted molar refractivity (Wildman–Crippen MR) is 50.4 cm³/mol.